The number of guanidine groups is 1. The molecule has 1 unspecified atom stereocenters. The predicted molar refractivity (Wildman–Crippen MR) is 112 cm³/mol. The third-order valence-corrected chi connectivity index (χ3v) is 5.23. The summed E-state index contributed by atoms with van der Waals surface area (Å²) in [5.74, 6) is 0.659. The number of aryl methyl sites for hydroxylation is 2. The molecular weight excluding hydrogens is 398 g/mol. The van der Waals surface area contributed by atoms with E-state index in [0.29, 0.717) is 24.6 Å². The van der Waals surface area contributed by atoms with Crippen molar-refractivity contribution in [1.29, 1.82) is 0 Å². The van der Waals surface area contributed by atoms with Crippen molar-refractivity contribution in [1.82, 2.24) is 15.6 Å². The third kappa shape index (κ3) is 7.58. The van der Waals surface area contributed by atoms with E-state index in [0.717, 1.165) is 23.5 Å². The molecule has 0 saturated heterocycles. The number of ether oxygens (including phenoxy) is 1. The topological polar surface area (TPSA) is 78.8 Å². The van der Waals surface area contributed by atoms with Gasteiger partial charge in [0.05, 0.1) is 23.4 Å². The number of aliphatic hydroxyl groups excluding tert-OH is 1. The number of aliphatic hydroxyl groups is 1. The lowest BCUT2D eigenvalue weighted by molar-refractivity contribution is -0.0498. The number of hydrogen-bond acceptors (Lipinski definition) is 5. The molecule has 29 heavy (non-hydrogen) atoms. The van der Waals surface area contributed by atoms with Gasteiger partial charge in [-0.15, -0.1) is 11.3 Å². The van der Waals surface area contributed by atoms with Crippen molar-refractivity contribution in [3.63, 3.8) is 0 Å². The Morgan fingerprint density at radius 3 is 2.55 bits per heavy atom. The minimum atomic E-state index is -2.87. The molecule has 6 nitrogen and oxygen atoms in total. The van der Waals surface area contributed by atoms with E-state index in [1.165, 1.54) is 17.0 Å². The highest BCUT2D eigenvalue weighted by Gasteiger charge is 2.10. The van der Waals surface area contributed by atoms with Crippen molar-refractivity contribution in [3.05, 3.63) is 45.4 Å². The quantitative estimate of drug-likeness (QED) is 0.401. The van der Waals surface area contributed by atoms with Gasteiger partial charge < -0.3 is 20.5 Å². The fourth-order valence-electron chi connectivity index (χ4n) is 2.71. The Hall–Kier alpha value is -2.26. The monoisotopic (exact) mass is 426 g/mol. The molecular formula is C20H28F2N4O2S. The lowest BCUT2D eigenvalue weighted by Gasteiger charge is -2.13. The van der Waals surface area contributed by atoms with Crippen LogP contribution in [0.1, 0.15) is 41.1 Å². The fourth-order valence-corrected chi connectivity index (χ4v) is 3.73. The van der Waals surface area contributed by atoms with E-state index < -0.39 is 12.7 Å². The molecule has 0 amide bonds. The number of hydrogen-bond donors (Lipinski definition) is 3. The third-order valence-electron chi connectivity index (χ3n) is 4.16. The molecule has 3 N–H and O–H groups in total. The number of aliphatic imine (C=N–C) groups is 1. The van der Waals surface area contributed by atoms with Crippen molar-refractivity contribution in [3.8, 4) is 5.75 Å². The van der Waals surface area contributed by atoms with Crippen molar-refractivity contribution in [2.75, 3.05) is 19.6 Å². The summed E-state index contributed by atoms with van der Waals surface area (Å²) in [5.41, 5.74) is 1.73. The zero-order chi connectivity index (χ0) is 21.2. The summed E-state index contributed by atoms with van der Waals surface area (Å²) in [4.78, 5) is 10.3. The summed E-state index contributed by atoms with van der Waals surface area (Å²) in [5, 5.41) is 17.8. The second-order valence-electron chi connectivity index (χ2n) is 6.32. The van der Waals surface area contributed by atoms with Gasteiger partial charge in [0.1, 0.15) is 5.75 Å². The standard InChI is InChI=1S/C20H28F2N4O2S/c1-4-16-13(3)29-18(26-16)10-11-24-20(23-5-2)25-12-17(27)14-6-8-15(9-7-14)28-19(21)22/h6-9,17,19,27H,4-5,10-12H2,1-3H3,(H2,23,24,25). The summed E-state index contributed by atoms with van der Waals surface area (Å²) in [6, 6.07) is 5.90. The van der Waals surface area contributed by atoms with Crippen LogP contribution in [0.3, 0.4) is 0 Å². The molecule has 0 spiro atoms. The van der Waals surface area contributed by atoms with Crippen LogP contribution in [0.5, 0.6) is 5.75 Å². The van der Waals surface area contributed by atoms with Crippen LogP contribution < -0.4 is 15.4 Å². The number of halogens is 2. The smallest absolute Gasteiger partial charge is 0.387 e. The van der Waals surface area contributed by atoms with Gasteiger partial charge in [-0.25, -0.2) is 4.98 Å². The first-order valence-electron chi connectivity index (χ1n) is 9.63. The number of nitrogens with one attached hydrogen (secondary N) is 2. The first kappa shape index (κ1) is 23.0. The van der Waals surface area contributed by atoms with E-state index in [1.54, 1.807) is 23.5 Å². The van der Waals surface area contributed by atoms with Crippen LogP contribution in [0.4, 0.5) is 8.78 Å². The van der Waals surface area contributed by atoms with Crippen LogP contribution in [-0.2, 0) is 12.8 Å². The molecule has 9 heteroatoms. The number of thiazole rings is 1. The molecule has 0 radical (unpaired) electrons. The molecule has 0 saturated carbocycles. The van der Waals surface area contributed by atoms with Gasteiger partial charge in [0, 0.05) is 24.4 Å². The predicted octanol–water partition coefficient (Wildman–Crippen LogP) is 3.45. The lowest BCUT2D eigenvalue weighted by atomic mass is 10.1. The number of aromatic nitrogens is 1. The van der Waals surface area contributed by atoms with Crippen LogP contribution in [-0.4, -0.2) is 42.3 Å². The molecule has 1 atom stereocenters. The van der Waals surface area contributed by atoms with E-state index in [-0.39, 0.29) is 12.3 Å². The molecule has 0 fully saturated rings. The van der Waals surface area contributed by atoms with E-state index in [2.05, 4.69) is 39.2 Å². The van der Waals surface area contributed by atoms with E-state index in [4.69, 9.17) is 0 Å². The van der Waals surface area contributed by atoms with Gasteiger partial charge in [0.2, 0.25) is 0 Å². The molecule has 1 heterocycles. The van der Waals surface area contributed by atoms with E-state index >= 15 is 0 Å². The van der Waals surface area contributed by atoms with Gasteiger partial charge in [-0.05, 0) is 38.0 Å². The molecule has 2 aromatic rings. The van der Waals surface area contributed by atoms with Crippen LogP contribution in [0.25, 0.3) is 0 Å². The zero-order valence-electron chi connectivity index (χ0n) is 16.9. The molecule has 0 aliphatic heterocycles. The minimum Gasteiger partial charge on any atom is -0.435 e. The summed E-state index contributed by atoms with van der Waals surface area (Å²) >= 11 is 1.72. The Morgan fingerprint density at radius 1 is 1.24 bits per heavy atom. The second kappa shape index (κ2) is 11.7. The van der Waals surface area contributed by atoms with Gasteiger partial charge in [0.15, 0.2) is 5.96 Å². The Morgan fingerprint density at radius 2 is 1.97 bits per heavy atom. The summed E-state index contributed by atoms with van der Waals surface area (Å²) in [6.45, 7) is 4.80. The largest absolute Gasteiger partial charge is 0.435 e. The Balaban J connectivity index is 1.88. The maximum absolute atomic E-state index is 12.2. The highest BCUT2D eigenvalue weighted by molar-refractivity contribution is 7.11. The summed E-state index contributed by atoms with van der Waals surface area (Å²) in [7, 11) is 0. The average molecular weight is 427 g/mol. The first-order valence-corrected chi connectivity index (χ1v) is 10.4. The van der Waals surface area contributed by atoms with Gasteiger partial charge in [0.25, 0.3) is 0 Å². The highest BCUT2D eigenvalue weighted by Crippen LogP contribution is 2.20. The van der Waals surface area contributed by atoms with Crippen LogP contribution in [0, 0.1) is 6.92 Å². The zero-order valence-corrected chi connectivity index (χ0v) is 17.7. The number of alkyl halides is 2. The van der Waals surface area contributed by atoms with E-state index in [1.807, 2.05) is 6.92 Å². The molecule has 0 bridgehead atoms. The van der Waals surface area contributed by atoms with Crippen molar-refractivity contribution >= 4 is 17.3 Å². The van der Waals surface area contributed by atoms with Crippen molar-refractivity contribution in [2.45, 2.75) is 46.3 Å². The number of nitrogens with zero attached hydrogens (tertiary/aromatic N) is 2. The number of benzene rings is 1. The molecule has 1 aromatic carbocycles. The van der Waals surface area contributed by atoms with Gasteiger partial charge in [-0.1, -0.05) is 19.1 Å². The molecule has 160 valence electrons. The van der Waals surface area contributed by atoms with Crippen molar-refractivity contribution < 1.29 is 18.6 Å². The lowest BCUT2D eigenvalue weighted by Crippen LogP contribution is -2.38. The van der Waals surface area contributed by atoms with Crippen LogP contribution in [0.2, 0.25) is 0 Å². The molecule has 1 aromatic heterocycles. The minimum absolute atomic E-state index is 0.0538. The van der Waals surface area contributed by atoms with E-state index in [9.17, 15) is 13.9 Å². The maximum atomic E-state index is 12.2. The highest BCUT2D eigenvalue weighted by atomic mass is 32.1. The van der Waals surface area contributed by atoms with Crippen molar-refractivity contribution in [2.24, 2.45) is 4.99 Å². The van der Waals surface area contributed by atoms with Gasteiger partial charge in [-0.2, -0.15) is 8.78 Å². The van der Waals surface area contributed by atoms with Gasteiger partial charge in [-0.3, -0.25) is 4.99 Å². The first-order chi connectivity index (χ1) is 13.9. The second-order valence-corrected chi connectivity index (χ2v) is 7.61. The Labute approximate surface area is 174 Å². The molecule has 0 aliphatic carbocycles. The molecule has 2 rings (SSSR count). The van der Waals surface area contributed by atoms with Gasteiger partial charge >= 0.3 is 6.61 Å². The SMILES string of the molecule is CCNC(=NCC(O)c1ccc(OC(F)F)cc1)NCCc1nc(CC)c(C)s1. The Bertz CT molecular complexity index is 781. The summed E-state index contributed by atoms with van der Waals surface area (Å²) in [6.07, 6.45) is 0.886. The average Bonchev–Trinajstić information content (AvgIpc) is 3.05. The fraction of sp³-hybridized carbons (Fsp3) is 0.500. The normalized spacial score (nSPS) is 12.9. The summed E-state index contributed by atoms with van der Waals surface area (Å²) < 4.78 is 28.7. The number of rotatable bonds is 10. The maximum Gasteiger partial charge on any atom is 0.387 e. The Kier molecular flexibility index (Phi) is 9.27. The van der Waals surface area contributed by atoms with Crippen LogP contribution in [0.15, 0.2) is 29.3 Å². The van der Waals surface area contributed by atoms with Crippen LogP contribution >= 0.6 is 11.3 Å². The molecule has 0 aliphatic rings.